The van der Waals surface area contributed by atoms with Gasteiger partial charge in [-0.3, -0.25) is 0 Å². The number of rotatable bonds is 2. The number of anilines is 1. The monoisotopic (exact) mass is 332 g/mol. The lowest BCUT2D eigenvalue weighted by atomic mass is 9.69. The van der Waals surface area contributed by atoms with Crippen molar-refractivity contribution in [3.8, 4) is 0 Å². The van der Waals surface area contributed by atoms with E-state index < -0.39 is 0 Å². The number of benzene rings is 2. The van der Waals surface area contributed by atoms with Gasteiger partial charge in [-0.1, -0.05) is 67.5 Å². The number of para-hydroxylation sites is 1. The SMILES string of the molecule is CC1(C)CC(=NO)C2C=C(c3ccccc3)N(c3ccccc3)C2C1. The molecular weight excluding hydrogens is 308 g/mol. The Labute approximate surface area is 149 Å². The quantitative estimate of drug-likeness (QED) is 0.607. The Balaban J connectivity index is 1.84. The summed E-state index contributed by atoms with van der Waals surface area (Å²) in [5.74, 6) is 0.161. The molecule has 25 heavy (non-hydrogen) atoms. The molecule has 3 nitrogen and oxygen atoms in total. The summed E-state index contributed by atoms with van der Waals surface area (Å²) < 4.78 is 0. The van der Waals surface area contributed by atoms with Crippen molar-refractivity contribution in [2.24, 2.45) is 16.5 Å². The van der Waals surface area contributed by atoms with Gasteiger partial charge in [-0.2, -0.15) is 0 Å². The number of hydrogen-bond donors (Lipinski definition) is 1. The molecule has 1 fully saturated rings. The van der Waals surface area contributed by atoms with Crippen LogP contribution in [0.3, 0.4) is 0 Å². The third-order valence-corrected chi connectivity index (χ3v) is 5.38. The van der Waals surface area contributed by atoms with Crippen LogP contribution in [-0.2, 0) is 0 Å². The molecule has 1 N–H and O–H groups in total. The number of hydrogen-bond acceptors (Lipinski definition) is 3. The van der Waals surface area contributed by atoms with Gasteiger partial charge < -0.3 is 10.1 Å². The Morgan fingerprint density at radius 2 is 1.64 bits per heavy atom. The van der Waals surface area contributed by atoms with Gasteiger partial charge in [0.05, 0.1) is 5.71 Å². The van der Waals surface area contributed by atoms with Crippen molar-refractivity contribution in [1.82, 2.24) is 0 Å². The molecule has 4 rings (SSSR count). The Morgan fingerprint density at radius 3 is 2.28 bits per heavy atom. The van der Waals surface area contributed by atoms with Gasteiger partial charge in [0.1, 0.15) is 0 Å². The summed E-state index contributed by atoms with van der Waals surface area (Å²) in [6.07, 6.45) is 4.20. The molecule has 0 bridgehead atoms. The van der Waals surface area contributed by atoms with Crippen molar-refractivity contribution in [2.45, 2.75) is 32.7 Å². The molecule has 0 radical (unpaired) electrons. The molecule has 2 aliphatic rings. The molecule has 128 valence electrons. The highest BCUT2D eigenvalue weighted by Crippen LogP contribution is 2.48. The van der Waals surface area contributed by atoms with E-state index in [0.29, 0.717) is 0 Å². The van der Waals surface area contributed by atoms with Crippen LogP contribution in [0.1, 0.15) is 32.3 Å². The third-order valence-electron chi connectivity index (χ3n) is 5.38. The molecule has 3 heteroatoms. The lowest BCUT2D eigenvalue weighted by Gasteiger charge is -2.42. The van der Waals surface area contributed by atoms with Gasteiger partial charge in [-0.25, -0.2) is 0 Å². The average Bonchev–Trinajstić information content (AvgIpc) is 3.00. The molecule has 1 saturated carbocycles. The zero-order valence-corrected chi connectivity index (χ0v) is 14.8. The highest BCUT2D eigenvalue weighted by molar-refractivity contribution is 5.96. The zero-order valence-electron chi connectivity index (χ0n) is 14.8. The first-order valence-corrected chi connectivity index (χ1v) is 8.91. The molecule has 0 spiro atoms. The normalized spacial score (nSPS) is 26.4. The maximum absolute atomic E-state index is 9.62. The summed E-state index contributed by atoms with van der Waals surface area (Å²) >= 11 is 0. The summed E-state index contributed by atoms with van der Waals surface area (Å²) in [5, 5.41) is 13.3. The van der Waals surface area contributed by atoms with Gasteiger partial charge in [0.25, 0.3) is 0 Å². The lowest BCUT2D eigenvalue weighted by molar-refractivity contribution is 0.258. The molecule has 2 aromatic rings. The molecule has 1 heterocycles. The Hall–Kier alpha value is -2.55. The summed E-state index contributed by atoms with van der Waals surface area (Å²) in [6, 6.07) is 21.3. The van der Waals surface area contributed by atoms with E-state index in [1.54, 1.807) is 0 Å². The third kappa shape index (κ3) is 2.84. The van der Waals surface area contributed by atoms with E-state index in [1.165, 1.54) is 16.9 Å². The number of oxime groups is 1. The average molecular weight is 332 g/mol. The van der Waals surface area contributed by atoms with Crippen molar-refractivity contribution in [3.63, 3.8) is 0 Å². The molecule has 0 aromatic heterocycles. The van der Waals surface area contributed by atoms with E-state index in [0.717, 1.165) is 18.6 Å². The number of fused-ring (bicyclic) bond motifs is 1. The van der Waals surface area contributed by atoms with E-state index in [1.807, 2.05) is 12.1 Å². The highest BCUT2D eigenvalue weighted by atomic mass is 16.4. The fourth-order valence-electron chi connectivity index (χ4n) is 4.35. The second kappa shape index (κ2) is 6.07. The standard InChI is InChI=1S/C22H24N2O/c1-22(2)14-19(23-25)18-13-20(16-9-5-3-6-10-16)24(21(18)15-22)17-11-7-4-8-12-17/h3-13,18,21,25H,14-15H2,1-2H3. The van der Waals surface area contributed by atoms with Gasteiger partial charge in [-0.15, -0.1) is 0 Å². The van der Waals surface area contributed by atoms with Crippen molar-refractivity contribution in [1.29, 1.82) is 0 Å². The first-order valence-electron chi connectivity index (χ1n) is 8.91. The van der Waals surface area contributed by atoms with E-state index in [2.05, 4.69) is 78.5 Å². The Bertz CT molecular complexity index is 808. The Kier molecular flexibility index (Phi) is 3.87. The van der Waals surface area contributed by atoms with Crippen molar-refractivity contribution in [2.75, 3.05) is 4.90 Å². The van der Waals surface area contributed by atoms with Crippen molar-refractivity contribution >= 4 is 17.1 Å². The van der Waals surface area contributed by atoms with Crippen LogP contribution < -0.4 is 4.90 Å². The minimum Gasteiger partial charge on any atom is -0.411 e. The largest absolute Gasteiger partial charge is 0.411 e. The van der Waals surface area contributed by atoms with Crippen LogP contribution in [0.4, 0.5) is 5.69 Å². The molecule has 0 saturated heterocycles. The highest BCUT2D eigenvalue weighted by Gasteiger charge is 2.46. The molecular formula is C22H24N2O. The zero-order chi connectivity index (χ0) is 17.4. The van der Waals surface area contributed by atoms with Crippen molar-refractivity contribution < 1.29 is 5.21 Å². The second-order valence-corrected chi connectivity index (χ2v) is 7.85. The molecule has 1 aliphatic heterocycles. The topological polar surface area (TPSA) is 35.8 Å². The van der Waals surface area contributed by atoms with Crippen LogP contribution in [0, 0.1) is 11.3 Å². The van der Waals surface area contributed by atoms with Crippen LogP contribution in [0.5, 0.6) is 0 Å². The molecule has 1 aliphatic carbocycles. The van der Waals surface area contributed by atoms with Gasteiger partial charge >= 0.3 is 0 Å². The van der Waals surface area contributed by atoms with E-state index in [9.17, 15) is 5.21 Å². The van der Waals surface area contributed by atoms with E-state index in [4.69, 9.17) is 0 Å². The maximum atomic E-state index is 9.62. The van der Waals surface area contributed by atoms with E-state index >= 15 is 0 Å². The van der Waals surface area contributed by atoms with Gasteiger partial charge in [0, 0.05) is 23.3 Å². The maximum Gasteiger partial charge on any atom is 0.0666 e. The predicted octanol–water partition coefficient (Wildman–Crippen LogP) is 5.18. The Morgan fingerprint density at radius 1 is 1.00 bits per heavy atom. The predicted molar refractivity (Wildman–Crippen MR) is 103 cm³/mol. The fraction of sp³-hybridized carbons (Fsp3) is 0.318. The second-order valence-electron chi connectivity index (χ2n) is 7.85. The summed E-state index contributed by atoms with van der Waals surface area (Å²) in [7, 11) is 0. The van der Waals surface area contributed by atoms with Gasteiger partial charge in [0.15, 0.2) is 0 Å². The fourth-order valence-corrected chi connectivity index (χ4v) is 4.35. The summed E-state index contributed by atoms with van der Waals surface area (Å²) in [4.78, 5) is 2.44. The molecule has 0 amide bonds. The number of nitrogens with zero attached hydrogens (tertiary/aromatic N) is 2. The van der Waals surface area contributed by atoms with Gasteiger partial charge in [-0.05, 0) is 42.0 Å². The summed E-state index contributed by atoms with van der Waals surface area (Å²) in [5.41, 5.74) is 4.63. The minimum absolute atomic E-state index is 0.121. The molecule has 2 unspecified atom stereocenters. The first kappa shape index (κ1) is 15.9. The summed E-state index contributed by atoms with van der Waals surface area (Å²) in [6.45, 7) is 4.52. The van der Waals surface area contributed by atoms with Crippen LogP contribution in [-0.4, -0.2) is 17.0 Å². The van der Waals surface area contributed by atoms with Crippen molar-refractivity contribution in [3.05, 3.63) is 72.3 Å². The van der Waals surface area contributed by atoms with E-state index in [-0.39, 0.29) is 17.4 Å². The van der Waals surface area contributed by atoms with Crippen LogP contribution in [0.25, 0.3) is 5.70 Å². The van der Waals surface area contributed by atoms with Crippen LogP contribution in [0.15, 0.2) is 71.9 Å². The molecule has 2 aromatic carbocycles. The first-order chi connectivity index (χ1) is 12.1. The lowest BCUT2D eigenvalue weighted by Crippen LogP contribution is -2.45. The van der Waals surface area contributed by atoms with Crippen LogP contribution in [0.2, 0.25) is 0 Å². The van der Waals surface area contributed by atoms with Gasteiger partial charge in [0.2, 0.25) is 0 Å². The molecule has 2 atom stereocenters. The smallest absolute Gasteiger partial charge is 0.0666 e. The minimum atomic E-state index is 0.121. The van der Waals surface area contributed by atoms with Crippen LogP contribution >= 0.6 is 0 Å².